The Morgan fingerprint density at radius 3 is 2.42 bits per heavy atom. The van der Waals surface area contributed by atoms with E-state index in [1.165, 1.54) is 19.2 Å². The van der Waals surface area contributed by atoms with E-state index >= 15 is 0 Å². The Bertz CT molecular complexity index is 867. The molecule has 24 heavy (non-hydrogen) atoms. The predicted molar refractivity (Wildman–Crippen MR) is 83.9 cm³/mol. The summed E-state index contributed by atoms with van der Waals surface area (Å²) in [5.74, 6) is -0.773. The van der Waals surface area contributed by atoms with Crippen LogP contribution in [-0.4, -0.2) is 26.4 Å². The molecule has 2 aromatic carbocycles. The molecule has 0 heterocycles. The van der Waals surface area contributed by atoms with Crippen LogP contribution in [0.25, 0.3) is 0 Å². The molecule has 0 fully saturated rings. The van der Waals surface area contributed by atoms with Crippen LogP contribution >= 0.6 is 0 Å². The Morgan fingerprint density at radius 1 is 1.17 bits per heavy atom. The molecule has 0 aliphatic carbocycles. The number of ether oxygens (including phenoxy) is 1. The lowest BCUT2D eigenvalue weighted by molar-refractivity contribution is -0.385. The lowest BCUT2D eigenvalue weighted by Gasteiger charge is -2.11. The number of non-ortho nitro benzene ring substituents is 1. The Kier molecular flexibility index (Phi) is 5.11. The highest BCUT2D eigenvalue weighted by Gasteiger charge is 2.23. The van der Waals surface area contributed by atoms with Crippen molar-refractivity contribution < 1.29 is 22.9 Å². The van der Waals surface area contributed by atoms with Crippen LogP contribution in [0.15, 0.2) is 53.4 Å². The van der Waals surface area contributed by atoms with Crippen molar-refractivity contribution in [2.45, 2.75) is 4.90 Å². The average Bonchev–Trinajstić information content (AvgIpc) is 2.59. The summed E-state index contributed by atoms with van der Waals surface area (Å²) in [5, 5.41) is 10.8. The van der Waals surface area contributed by atoms with Crippen molar-refractivity contribution in [2.75, 3.05) is 7.11 Å². The number of nitro groups is 1. The molecule has 0 saturated carbocycles. The van der Waals surface area contributed by atoms with E-state index in [2.05, 4.69) is 0 Å². The normalized spacial score (nSPS) is 10.9. The molecule has 0 aliphatic heterocycles. The highest BCUT2D eigenvalue weighted by molar-refractivity contribution is 7.89. The van der Waals surface area contributed by atoms with Crippen LogP contribution in [0, 0.1) is 10.1 Å². The van der Waals surface area contributed by atoms with E-state index in [0.717, 1.165) is 18.2 Å². The van der Waals surface area contributed by atoms with E-state index in [9.17, 15) is 23.3 Å². The number of carbonyl (C=O) groups is 1. The number of amides is 1. The Balaban J connectivity index is 2.25. The molecule has 0 radical (unpaired) electrons. The van der Waals surface area contributed by atoms with Crippen LogP contribution in [0.2, 0.25) is 0 Å². The summed E-state index contributed by atoms with van der Waals surface area (Å²) in [7, 11) is -3.05. The zero-order valence-electron chi connectivity index (χ0n) is 12.4. The van der Waals surface area contributed by atoms with Gasteiger partial charge in [-0.1, -0.05) is 18.2 Å². The van der Waals surface area contributed by atoms with Crippen molar-refractivity contribution in [1.82, 2.24) is 10.3 Å². The van der Waals surface area contributed by atoms with Gasteiger partial charge in [0.1, 0.15) is 10.6 Å². The first-order valence-corrected chi connectivity index (χ1v) is 8.03. The number of nitrogens with one attached hydrogen (secondary N) is 2. The fourth-order valence-electron chi connectivity index (χ4n) is 1.82. The number of benzene rings is 2. The standard InChI is InChI=1S/C14H13N3O6S/c1-23-12-8-7-11(17(19)20)9-13(12)24(21,22)16-15-14(18)10-5-3-2-4-6-10/h2-9,16H,1H3,(H,15,18). The van der Waals surface area contributed by atoms with Gasteiger partial charge in [0, 0.05) is 17.7 Å². The van der Waals surface area contributed by atoms with Gasteiger partial charge in [-0.05, 0) is 18.2 Å². The third-order valence-corrected chi connectivity index (χ3v) is 4.25. The van der Waals surface area contributed by atoms with Gasteiger partial charge in [-0.2, -0.15) is 0 Å². The van der Waals surface area contributed by atoms with Gasteiger partial charge in [0.25, 0.3) is 21.6 Å². The number of sulfonamides is 1. The molecule has 126 valence electrons. The lowest BCUT2D eigenvalue weighted by atomic mass is 10.2. The van der Waals surface area contributed by atoms with Crippen LogP contribution in [0.1, 0.15) is 10.4 Å². The molecule has 10 heteroatoms. The maximum Gasteiger partial charge on any atom is 0.271 e. The average molecular weight is 351 g/mol. The predicted octanol–water partition coefficient (Wildman–Crippen LogP) is 1.23. The molecule has 0 spiro atoms. The molecule has 0 aromatic heterocycles. The first-order valence-electron chi connectivity index (χ1n) is 6.55. The van der Waals surface area contributed by atoms with Crippen LogP contribution in [0.5, 0.6) is 5.75 Å². The zero-order valence-corrected chi connectivity index (χ0v) is 13.2. The van der Waals surface area contributed by atoms with Crippen molar-refractivity contribution in [3.8, 4) is 5.75 Å². The first kappa shape index (κ1) is 17.4. The van der Waals surface area contributed by atoms with Gasteiger partial charge in [-0.25, -0.2) is 8.42 Å². The van der Waals surface area contributed by atoms with Crippen LogP contribution < -0.4 is 15.0 Å². The molecular formula is C14H13N3O6S. The molecule has 0 saturated heterocycles. The monoisotopic (exact) mass is 351 g/mol. The second kappa shape index (κ2) is 7.06. The molecule has 0 atom stereocenters. The van der Waals surface area contributed by atoms with E-state index in [1.807, 2.05) is 10.3 Å². The van der Waals surface area contributed by atoms with Gasteiger partial charge in [-0.15, -0.1) is 4.83 Å². The third-order valence-electron chi connectivity index (χ3n) is 2.98. The van der Waals surface area contributed by atoms with E-state index < -0.39 is 31.4 Å². The third kappa shape index (κ3) is 3.86. The number of hydrazine groups is 1. The number of nitrogens with zero attached hydrogens (tertiary/aromatic N) is 1. The summed E-state index contributed by atoms with van der Waals surface area (Å²) >= 11 is 0. The van der Waals surface area contributed by atoms with E-state index in [4.69, 9.17) is 4.74 Å². The van der Waals surface area contributed by atoms with Crippen molar-refractivity contribution >= 4 is 21.6 Å². The maximum atomic E-state index is 12.3. The topological polar surface area (TPSA) is 128 Å². The second-order valence-electron chi connectivity index (χ2n) is 4.52. The minimum absolute atomic E-state index is 0.0953. The highest BCUT2D eigenvalue weighted by Crippen LogP contribution is 2.27. The smallest absolute Gasteiger partial charge is 0.271 e. The quantitative estimate of drug-likeness (QED) is 0.595. The van der Waals surface area contributed by atoms with E-state index in [-0.39, 0.29) is 11.3 Å². The Labute approximate surface area is 137 Å². The number of nitro benzene ring substituents is 1. The van der Waals surface area contributed by atoms with Crippen molar-refractivity contribution in [3.05, 3.63) is 64.2 Å². The largest absolute Gasteiger partial charge is 0.495 e. The molecule has 2 N–H and O–H groups in total. The molecular weight excluding hydrogens is 338 g/mol. The molecule has 1 amide bonds. The Hall–Kier alpha value is -2.98. The van der Waals surface area contributed by atoms with Crippen LogP contribution in [-0.2, 0) is 10.0 Å². The van der Waals surface area contributed by atoms with Crippen molar-refractivity contribution in [2.24, 2.45) is 0 Å². The van der Waals surface area contributed by atoms with Gasteiger partial charge < -0.3 is 4.74 Å². The number of rotatable bonds is 6. The van der Waals surface area contributed by atoms with Crippen molar-refractivity contribution in [1.29, 1.82) is 0 Å². The zero-order chi connectivity index (χ0) is 17.7. The van der Waals surface area contributed by atoms with Crippen LogP contribution in [0.3, 0.4) is 0 Å². The number of hydrogen-bond acceptors (Lipinski definition) is 6. The molecule has 2 aromatic rings. The van der Waals surface area contributed by atoms with Gasteiger partial charge in [0.2, 0.25) is 0 Å². The molecule has 9 nitrogen and oxygen atoms in total. The van der Waals surface area contributed by atoms with Gasteiger partial charge in [0.15, 0.2) is 0 Å². The lowest BCUT2D eigenvalue weighted by Crippen LogP contribution is -2.41. The summed E-state index contributed by atoms with van der Waals surface area (Å²) in [5.41, 5.74) is 1.85. The molecule has 0 unspecified atom stereocenters. The second-order valence-corrected chi connectivity index (χ2v) is 6.17. The number of hydrogen-bond donors (Lipinski definition) is 2. The van der Waals surface area contributed by atoms with Gasteiger partial charge >= 0.3 is 0 Å². The SMILES string of the molecule is COc1ccc([N+](=O)[O-])cc1S(=O)(=O)NNC(=O)c1ccccc1. The summed E-state index contributed by atoms with van der Waals surface area (Å²) in [4.78, 5) is 23.4. The van der Waals surface area contributed by atoms with E-state index in [0.29, 0.717) is 0 Å². The molecule has 0 aliphatic rings. The minimum Gasteiger partial charge on any atom is -0.495 e. The first-order chi connectivity index (χ1) is 11.3. The van der Waals surface area contributed by atoms with E-state index in [1.54, 1.807) is 18.2 Å². The van der Waals surface area contributed by atoms with Crippen molar-refractivity contribution in [3.63, 3.8) is 0 Å². The summed E-state index contributed by atoms with van der Waals surface area (Å²) < 4.78 is 29.5. The van der Waals surface area contributed by atoms with Gasteiger partial charge in [0.05, 0.1) is 12.0 Å². The fourth-order valence-corrected chi connectivity index (χ4v) is 2.85. The summed E-state index contributed by atoms with van der Waals surface area (Å²) in [6.45, 7) is 0. The fraction of sp³-hybridized carbons (Fsp3) is 0.0714. The Morgan fingerprint density at radius 2 is 1.83 bits per heavy atom. The number of methoxy groups -OCH3 is 1. The minimum atomic E-state index is -4.27. The van der Waals surface area contributed by atoms with Gasteiger partial charge in [-0.3, -0.25) is 20.3 Å². The molecule has 0 bridgehead atoms. The summed E-state index contributed by atoms with van der Waals surface area (Å²) in [6, 6.07) is 11.0. The highest BCUT2D eigenvalue weighted by atomic mass is 32.2. The van der Waals surface area contributed by atoms with Crippen LogP contribution in [0.4, 0.5) is 5.69 Å². The number of carbonyl (C=O) groups excluding carboxylic acids is 1. The summed E-state index contributed by atoms with van der Waals surface area (Å²) in [6.07, 6.45) is 0. The maximum absolute atomic E-state index is 12.3. The molecule has 2 rings (SSSR count).